The van der Waals surface area contributed by atoms with Gasteiger partial charge in [-0.05, 0) is 18.4 Å². The Kier molecular flexibility index (Phi) is 5.25. The van der Waals surface area contributed by atoms with Gasteiger partial charge in [0, 0.05) is 11.8 Å². The van der Waals surface area contributed by atoms with Gasteiger partial charge in [0.1, 0.15) is 4.75 Å². The highest BCUT2D eigenvalue weighted by atomic mass is 35.5. The van der Waals surface area contributed by atoms with Crippen molar-refractivity contribution in [2.24, 2.45) is 5.14 Å². The maximum Gasteiger partial charge on any atom is 0.219 e. The van der Waals surface area contributed by atoms with Gasteiger partial charge in [0.25, 0.3) is 0 Å². The van der Waals surface area contributed by atoms with Crippen LogP contribution in [0.3, 0.4) is 0 Å². The number of benzene rings is 1. The van der Waals surface area contributed by atoms with Gasteiger partial charge in [-0.2, -0.15) is 0 Å². The molecular weight excluding hydrogens is 281 g/mol. The van der Waals surface area contributed by atoms with Crippen LogP contribution in [0.15, 0.2) is 30.3 Å². The minimum absolute atomic E-state index is 0.211. The van der Waals surface area contributed by atoms with Crippen LogP contribution < -0.4 is 5.14 Å². The highest BCUT2D eigenvalue weighted by Crippen LogP contribution is 2.36. The summed E-state index contributed by atoms with van der Waals surface area (Å²) in [5, 5.41) is 5.37. The summed E-state index contributed by atoms with van der Waals surface area (Å²) in [6.45, 7) is 0. The summed E-state index contributed by atoms with van der Waals surface area (Å²) in [5.41, 5.74) is 0.642. The number of hydrogen-bond acceptors (Lipinski definition) is 2. The van der Waals surface area contributed by atoms with Gasteiger partial charge in [0.2, 0.25) is 10.0 Å². The maximum atomic E-state index is 11.9. The molecule has 6 heteroatoms. The first-order valence-electron chi connectivity index (χ1n) is 5.18. The number of nitrogens with two attached hydrogens (primary N) is 1. The molecule has 1 aromatic rings. The summed E-state index contributed by atoms with van der Waals surface area (Å²) < 4.78 is 22.6. The van der Waals surface area contributed by atoms with E-state index in [1.54, 1.807) is 24.3 Å². The molecule has 0 aromatic heterocycles. The third-order valence-electron chi connectivity index (χ3n) is 2.84. The number of rotatable bonds is 6. The molecule has 0 amide bonds. The summed E-state index contributed by atoms with van der Waals surface area (Å²) in [7, 11) is -3.77. The van der Waals surface area contributed by atoms with Crippen molar-refractivity contribution in [1.29, 1.82) is 0 Å². The molecule has 0 bridgehead atoms. The summed E-state index contributed by atoms with van der Waals surface area (Å²) in [6, 6.07) is 8.85. The van der Waals surface area contributed by atoms with E-state index in [1.165, 1.54) is 0 Å². The Labute approximate surface area is 112 Å². The first-order chi connectivity index (χ1) is 7.98. The van der Waals surface area contributed by atoms with E-state index in [4.69, 9.17) is 28.3 Å². The van der Waals surface area contributed by atoms with Crippen molar-refractivity contribution < 1.29 is 8.42 Å². The summed E-state index contributed by atoms with van der Waals surface area (Å²) >= 11 is 11.4. The Morgan fingerprint density at radius 2 is 1.53 bits per heavy atom. The SMILES string of the molecule is NS(=O)(=O)C(CCCl)(CCCl)c1ccccc1. The van der Waals surface area contributed by atoms with Crippen molar-refractivity contribution in [3.8, 4) is 0 Å². The van der Waals surface area contributed by atoms with Crippen LogP contribution in [0.25, 0.3) is 0 Å². The Morgan fingerprint density at radius 1 is 1.06 bits per heavy atom. The molecule has 0 fully saturated rings. The molecular formula is C11H15Cl2NO2S. The molecule has 1 rings (SSSR count). The van der Waals surface area contributed by atoms with Crippen LogP contribution in [0.5, 0.6) is 0 Å². The molecule has 0 atom stereocenters. The van der Waals surface area contributed by atoms with E-state index in [0.717, 1.165) is 0 Å². The van der Waals surface area contributed by atoms with E-state index in [0.29, 0.717) is 5.56 Å². The second kappa shape index (κ2) is 6.05. The van der Waals surface area contributed by atoms with Gasteiger partial charge >= 0.3 is 0 Å². The number of primary sulfonamides is 1. The Balaban J connectivity index is 3.35. The second-order valence-corrected chi connectivity index (χ2v) is 6.41. The van der Waals surface area contributed by atoms with Crippen LogP contribution in [-0.2, 0) is 14.8 Å². The lowest BCUT2D eigenvalue weighted by atomic mass is 9.93. The van der Waals surface area contributed by atoms with Gasteiger partial charge in [-0.1, -0.05) is 30.3 Å². The van der Waals surface area contributed by atoms with Crippen molar-refractivity contribution in [3.05, 3.63) is 35.9 Å². The van der Waals surface area contributed by atoms with Gasteiger partial charge in [-0.3, -0.25) is 0 Å². The average molecular weight is 296 g/mol. The van der Waals surface area contributed by atoms with Crippen molar-refractivity contribution in [2.45, 2.75) is 17.6 Å². The molecule has 2 N–H and O–H groups in total. The van der Waals surface area contributed by atoms with E-state index in [9.17, 15) is 8.42 Å². The first-order valence-corrected chi connectivity index (χ1v) is 7.79. The van der Waals surface area contributed by atoms with Crippen molar-refractivity contribution >= 4 is 33.2 Å². The van der Waals surface area contributed by atoms with Crippen molar-refractivity contribution in [2.75, 3.05) is 11.8 Å². The van der Waals surface area contributed by atoms with E-state index in [2.05, 4.69) is 0 Å². The van der Waals surface area contributed by atoms with Crippen molar-refractivity contribution in [3.63, 3.8) is 0 Å². The molecule has 0 heterocycles. The van der Waals surface area contributed by atoms with Crippen LogP contribution in [0.2, 0.25) is 0 Å². The van der Waals surface area contributed by atoms with Gasteiger partial charge in [-0.15, -0.1) is 23.2 Å². The zero-order chi connectivity index (χ0) is 12.9. The summed E-state index contributed by atoms with van der Waals surface area (Å²) in [4.78, 5) is 0. The molecule has 0 radical (unpaired) electrons. The summed E-state index contributed by atoms with van der Waals surface area (Å²) in [6.07, 6.45) is 0.508. The van der Waals surface area contributed by atoms with E-state index in [-0.39, 0.29) is 24.6 Å². The van der Waals surface area contributed by atoms with Crippen LogP contribution >= 0.6 is 23.2 Å². The average Bonchev–Trinajstić information content (AvgIpc) is 2.28. The number of sulfonamides is 1. The minimum Gasteiger partial charge on any atom is -0.228 e. The fourth-order valence-corrected chi connectivity index (χ4v) is 4.02. The molecule has 0 aliphatic rings. The minimum atomic E-state index is -3.77. The Bertz CT molecular complexity index is 442. The Morgan fingerprint density at radius 3 is 1.88 bits per heavy atom. The fourth-order valence-electron chi connectivity index (χ4n) is 1.91. The topological polar surface area (TPSA) is 60.2 Å². The molecule has 1 aromatic carbocycles. The maximum absolute atomic E-state index is 11.9. The molecule has 96 valence electrons. The van der Waals surface area contributed by atoms with Crippen LogP contribution in [0.4, 0.5) is 0 Å². The van der Waals surface area contributed by atoms with Gasteiger partial charge in [-0.25, -0.2) is 13.6 Å². The van der Waals surface area contributed by atoms with Crippen molar-refractivity contribution in [1.82, 2.24) is 0 Å². The highest BCUT2D eigenvalue weighted by molar-refractivity contribution is 7.90. The molecule has 0 saturated carbocycles. The third-order valence-corrected chi connectivity index (χ3v) is 4.95. The fraction of sp³-hybridized carbons (Fsp3) is 0.455. The van der Waals surface area contributed by atoms with Crippen LogP contribution in [0.1, 0.15) is 18.4 Å². The number of hydrogen-bond donors (Lipinski definition) is 1. The molecule has 17 heavy (non-hydrogen) atoms. The lowest BCUT2D eigenvalue weighted by molar-refractivity contribution is 0.498. The van der Waals surface area contributed by atoms with Crippen LogP contribution in [-0.4, -0.2) is 20.2 Å². The predicted octanol–water partition coefficient (Wildman–Crippen LogP) is 2.43. The lowest BCUT2D eigenvalue weighted by Crippen LogP contribution is -2.41. The normalized spacial score (nSPS) is 12.6. The third kappa shape index (κ3) is 3.13. The second-order valence-electron chi connectivity index (χ2n) is 3.78. The van der Waals surface area contributed by atoms with E-state index < -0.39 is 14.8 Å². The first kappa shape index (κ1) is 14.8. The van der Waals surface area contributed by atoms with Crippen LogP contribution in [0, 0.1) is 0 Å². The number of alkyl halides is 2. The zero-order valence-electron chi connectivity index (χ0n) is 9.27. The van der Waals surface area contributed by atoms with Gasteiger partial charge in [0.15, 0.2) is 0 Å². The molecule has 0 aliphatic carbocycles. The zero-order valence-corrected chi connectivity index (χ0v) is 11.6. The van der Waals surface area contributed by atoms with E-state index in [1.807, 2.05) is 6.07 Å². The van der Waals surface area contributed by atoms with Gasteiger partial charge in [0.05, 0.1) is 0 Å². The van der Waals surface area contributed by atoms with E-state index >= 15 is 0 Å². The highest BCUT2D eigenvalue weighted by Gasteiger charge is 2.42. The standard InChI is InChI=1S/C11H15Cl2NO2S/c12-8-6-11(7-9-13,17(14,15)16)10-4-2-1-3-5-10/h1-5H,6-9H2,(H2,14,15,16). The summed E-state index contributed by atoms with van der Waals surface area (Å²) in [5.74, 6) is 0.421. The number of halogens is 2. The predicted molar refractivity (Wildman–Crippen MR) is 71.9 cm³/mol. The molecule has 0 unspecified atom stereocenters. The molecule has 0 aliphatic heterocycles. The smallest absolute Gasteiger partial charge is 0.219 e. The molecule has 0 saturated heterocycles. The molecule has 0 spiro atoms. The Hall–Kier alpha value is -0.290. The lowest BCUT2D eigenvalue weighted by Gasteiger charge is -2.30. The quantitative estimate of drug-likeness (QED) is 0.820. The molecule has 3 nitrogen and oxygen atoms in total. The largest absolute Gasteiger partial charge is 0.228 e. The monoisotopic (exact) mass is 295 g/mol. The van der Waals surface area contributed by atoms with Gasteiger partial charge < -0.3 is 0 Å².